The lowest BCUT2D eigenvalue weighted by atomic mass is 9.58. The molecule has 5 aliphatic heterocycles. The van der Waals surface area contributed by atoms with Gasteiger partial charge in [0.2, 0.25) is 0 Å². The maximum Gasteiger partial charge on any atom is 0.351 e. The number of anilines is 1. The molecule has 138 valence electrons. The van der Waals surface area contributed by atoms with Crippen molar-refractivity contribution in [1.29, 1.82) is 0 Å². The number of rotatable bonds is 3. The van der Waals surface area contributed by atoms with Gasteiger partial charge in [0.05, 0.1) is 5.69 Å². The number of unbranched alkanes of at least 4 members (excludes halogenated alkanes) is 1. The maximum absolute atomic E-state index is 13.4. The normalized spacial score (nSPS) is 42.4. The molecule has 1 spiro atoms. The molecular formula is C20H26BrN3O2+2. The first-order valence-electron chi connectivity index (χ1n) is 9.72. The number of carbonyl (C=O) groups excluding carboxylic acids is 2. The second kappa shape index (κ2) is 5.18. The summed E-state index contributed by atoms with van der Waals surface area (Å²) in [5.41, 5.74) is 0.906. The first-order valence-corrected chi connectivity index (χ1v) is 10.5. The molecule has 1 aromatic carbocycles. The molecule has 4 bridgehead atoms. The zero-order valence-corrected chi connectivity index (χ0v) is 17.0. The first-order chi connectivity index (χ1) is 12.4. The third-order valence-electron chi connectivity index (χ3n) is 7.38. The van der Waals surface area contributed by atoms with Gasteiger partial charge in [-0.15, -0.1) is 0 Å². The predicted molar refractivity (Wildman–Crippen MR) is 101 cm³/mol. The van der Waals surface area contributed by atoms with Crippen molar-refractivity contribution in [3.8, 4) is 0 Å². The number of halogens is 1. The van der Waals surface area contributed by atoms with Crippen LogP contribution in [-0.4, -0.2) is 37.9 Å². The number of ketones is 1. The van der Waals surface area contributed by atoms with Gasteiger partial charge in [-0.3, -0.25) is 19.4 Å². The largest absolute Gasteiger partial charge is 0.351 e. The lowest BCUT2D eigenvalue weighted by Gasteiger charge is -2.62. The molecule has 0 saturated carbocycles. The second-order valence-electron chi connectivity index (χ2n) is 9.08. The molecule has 0 aromatic heterocycles. The van der Waals surface area contributed by atoms with E-state index in [0.717, 1.165) is 61.2 Å². The fourth-order valence-electron chi connectivity index (χ4n) is 6.53. The molecule has 1 aromatic rings. The molecule has 6 rings (SSSR count). The van der Waals surface area contributed by atoms with Crippen LogP contribution >= 0.6 is 15.9 Å². The van der Waals surface area contributed by atoms with Gasteiger partial charge in [0, 0.05) is 4.47 Å². The topological polar surface area (TPSA) is 55.1 Å². The van der Waals surface area contributed by atoms with E-state index in [1.165, 1.54) is 9.80 Å². The van der Waals surface area contributed by atoms with Crippen LogP contribution in [-0.2, 0) is 15.3 Å². The smallest absolute Gasteiger partial charge is 0.314 e. The molecule has 1 amide bonds. The van der Waals surface area contributed by atoms with Crippen molar-refractivity contribution in [3.05, 3.63) is 28.2 Å². The number of benzene rings is 1. The number of hydrogen-bond donors (Lipinski definition) is 3. The standard InChI is InChI=1S/C20H24BrN3O2/c1-3-4-7-19-11-23-9-18(2,16(19)25)10-24(12-19)20(23)14-8-13(21)5-6-15(14)22-17(20)26/h5-6,8H,3-4,7,9-12H2,1-2H3,(H,22,26)/p+2. The van der Waals surface area contributed by atoms with Gasteiger partial charge in [-0.25, -0.2) is 0 Å². The van der Waals surface area contributed by atoms with E-state index in [0.29, 0.717) is 5.78 Å². The molecule has 2 unspecified atom stereocenters. The lowest BCUT2D eigenvalue weighted by Crippen LogP contribution is -3.48. The number of carbonyl (C=O) groups is 2. The Labute approximate surface area is 162 Å². The molecular weight excluding hydrogens is 394 g/mol. The fraction of sp³-hybridized carbons (Fsp3) is 0.600. The Bertz CT molecular complexity index is 820. The van der Waals surface area contributed by atoms with Crippen LogP contribution in [0.15, 0.2) is 22.7 Å². The molecule has 4 fully saturated rings. The number of amides is 1. The summed E-state index contributed by atoms with van der Waals surface area (Å²) >= 11 is 3.59. The Morgan fingerprint density at radius 3 is 2.50 bits per heavy atom. The predicted octanol–water partition coefficient (Wildman–Crippen LogP) is 0.117. The molecule has 3 N–H and O–H groups in total. The number of Topliss-reactive ketones (excluding diaryl/α,β-unsaturated/α-hetero) is 1. The third-order valence-corrected chi connectivity index (χ3v) is 7.88. The number of quaternary nitrogens is 2. The number of hydrogen-bond acceptors (Lipinski definition) is 2. The lowest BCUT2D eigenvalue weighted by molar-refractivity contribution is -1.20. The molecule has 4 saturated heterocycles. The highest BCUT2D eigenvalue weighted by atomic mass is 79.9. The van der Waals surface area contributed by atoms with Crippen molar-refractivity contribution in [3.63, 3.8) is 0 Å². The van der Waals surface area contributed by atoms with Crippen LogP contribution in [0.3, 0.4) is 0 Å². The zero-order valence-electron chi connectivity index (χ0n) is 15.4. The van der Waals surface area contributed by atoms with Crippen molar-refractivity contribution in [2.24, 2.45) is 10.8 Å². The summed E-state index contributed by atoms with van der Waals surface area (Å²) in [6.07, 6.45) is 3.16. The Hall–Kier alpha value is -1.24. The van der Waals surface area contributed by atoms with Crippen LogP contribution < -0.4 is 15.1 Å². The second-order valence-corrected chi connectivity index (χ2v) is 10.00. The molecule has 6 heteroatoms. The van der Waals surface area contributed by atoms with E-state index in [1.54, 1.807) is 0 Å². The SMILES string of the molecule is CCCCC12C[NH+]3CC(C)(C[NH+](C1)C31C(=O)Nc3ccc(Br)cc31)C2=O. The molecule has 5 heterocycles. The van der Waals surface area contributed by atoms with Crippen molar-refractivity contribution in [2.45, 2.75) is 38.8 Å². The summed E-state index contributed by atoms with van der Waals surface area (Å²) in [5, 5.41) is 3.14. The highest BCUT2D eigenvalue weighted by molar-refractivity contribution is 9.10. The highest BCUT2D eigenvalue weighted by Gasteiger charge is 2.78. The molecule has 5 nitrogen and oxygen atoms in total. The van der Waals surface area contributed by atoms with E-state index in [-0.39, 0.29) is 16.7 Å². The minimum Gasteiger partial charge on any atom is -0.314 e. The Balaban J connectivity index is 1.66. The summed E-state index contributed by atoms with van der Waals surface area (Å²) in [6.45, 7) is 7.45. The van der Waals surface area contributed by atoms with E-state index >= 15 is 0 Å². The summed E-state index contributed by atoms with van der Waals surface area (Å²) in [7, 11) is 0. The molecule has 26 heavy (non-hydrogen) atoms. The average Bonchev–Trinajstić information content (AvgIpc) is 2.86. The molecule has 5 aliphatic rings. The van der Waals surface area contributed by atoms with Crippen LogP contribution in [0.2, 0.25) is 0 Å². The summed E-state index contributed by atoms with van der Waals surface area (Å²) in [5.74, 6) is 0.574. The van der Waals surface area contributed by atoms with Crippen LogP contribution in [0.1, 0.15) is 38.7 Å². The average molecular weight is 420 g/mol. The van der Waals surface area contributed by atoms with Crippen molar-refractivity contribution in [2.75, 3.05) is 31.5 Å². The fourth-order valence-corrected chi connectivity index (χ4v) is 6.89. The van der Waals surface area contributed by atoms with Crippen LogP contribution in [0.4, 0.5) is 5.69 Å². The minimum absolute atomic E-state index is 0.107. The monoisotopic (exact) mass is 419 g/mol. The Kier molecular flexibility index (Phi) is 3.36. The van der Waals surface area contributed by atoms with E-state index in [4.69, 9.17) is 0 Å². The van der Waals surface area contributed by atoms with Gasteiger partial charge >= 0.3 is 11.6 Å². The minimum atomic E-state index is -0.588. The summed E-state index contributed by atoms with van der Waals surface area (Å²) < 4.78 is 1.00. The Morgan fingerprint density at radius 1 is 1.15 bits per heavy atom. The highest BCUT2D eigenvalue weighted by Crippen LogP contribution is 2.43. The summed E-state index contributed by atoms with van der Waals surface area (Å²) in [4.78, 5) is 29.3. The van der Waals surface area contributed by atoms with Gasteiger partial charge in [-0.1, -0.05) is 35.7 Å². The van der Waals surface area contributed by atoms with Gasteiger partial charge in [0.25, 0.3) is 0 Å². The van der Waals surface area contributed by atoms with Gasteiger partial charge in [-0.05, 0) is 31.5 Å². The van der Waals surface area contributed by atoms with Crippen molar-refractivity contribution >= 4 is 33.3 Å². The van der Waals surface area contributed by atoms with Crippen LogP contribution in [0.25, 0.3) is 0 Å². The molecule has 2 atom stereocenters. The summed E-state index contributed by atoms with van der Waals surface area (Å²) in [6, 6.07) is 6.09. The van der Waals surface area contributed by atoms with Gasteiger partial charge in [-0.2, -0.15) is 0 Å². The first kappa shape index (κ1) is 16.9. The number of fused-ring (bicyclic) bond motifs is 1. The zero-order chi connectivity index (χ0) is 18.3. The number of piperidine rings is 2. The van der Waals surface area contributed by atoms with Gasteiger partial charge in [0.15, 0.2) is 5.78 Å². The van der Waals surface area contributed by atoms with E-state index in [2.05, 4.69) is 41.2 Å². The third kappa shape index (κ3) is 1.83. The van der Waals surface area contributed by atoms with E-state index < -0.39 is 5.66 Å². The van der Waals surface area contributed by atoms with E-state index in [9.17, 15) is 9.59 Å². The quantitative estimate of drug-likeness (QED) is 0.651. The van der Waals surface area contributed by atoms with Crippen LogP contribution in [0, 0.1) is 10.8 Å². The van der Waals surface area contributed by atoms with Gasteiger partial charge < -0.3 is 5.32 Å². The number of nitrogens with one attached hydrogen (secondary N) is 3. The Morgan fingerprint density at radius 2 is 1.85 bits per heavy atom. The molecule has 0 aliphatic carbocycles. The maximum atomic E-state index is 13.4. The van der Waals surface area contributed by atoms with Crippen molar-refractivity contribution < 1.29 is 19.4 Å². The van der Waals surface area contributed by atoms with E-state index in [1.807, 2.05) is 12.1 Å². The van der Waals surface area contributed by atoms with Crippen molar-refractivity contribution in [1.82, 2.24) is 0 Å². The van der Waals surface area contributed by atoms with Crippen LogP contribution in [0.5, 0.6) is 0 Å². The molecule has 0 radical (unpaired) electrons. The van der Waals surface area contributed by atoms with Gasteiger partial charge in [0.1, 0.15) is 42.6 Å².